The van der Waals surface area contributed by atoms with Crippen molar-refractivity contribution >= 4 is 49.4 Å². The van der Waals surface area contributed by atoms with Gasteiger partial charge in [-0.2, -0.15) is 0 Å². The van der Waals surface area contributed by atoms with Crippen molar-refractivity contribution in [1.82, 2.24) is 29.4 Å². The molecule has 12 atom stereocenters. The Labute approximate surface area is 956 Å². The van der Waals surface area contributed by atoms with E-state index >= 15 is 0 Å². The molecule has 0 saturated heterocycles. The van der Waals surface area contributed by atoms with Crippen LogP contribution in [0.2, 0.25) is 116 Å². The van der Waals surface area contributed by atoms with Gasteiger partial charge < -0.3 is 165 Å². The summed E-state index contributed by atoms with van der Waals surface area (Å²) in [7, 11) is 5.49. The third-order valence-corrected chi connectivity index (χ3v) is 31.6. The molecule has 12 unspecified atom stereocenters. The molecule has 0 spiro atoms. The standard InChI is InChI=1S/C11H27N2Si.2C10H25N2Si.2C9H23N2Si.C8H21N2Si.6C7H16O2.6CH3.6Co/c1-8-13(9-2)10-11(3,4)12-14(5,6)7;1-6-12(7-2)10-8-9-11-13(3,4)5;1-6-13(7-2,8-3)11-9-10-12(4)5;1-9(2,8-11(3)4)10-12(5,6)7;1-6-11(7-2)9-8-10-12(3,4)5;1-10(2)8-6-7-9-11(3,4)5;6*1-3-6(8)5-7(9)4-2;;;;;;;;;;;;/h8-10H2,1-7H3;2*6-10H2,1-5H3;8H2,1-7H3;6-9H2,1-5H3;6-8H2,1-5H3;6*6-9H,3-5H2,1-2H3;6*1H3;;;;;;/q6*-1;;;;;;;6*-1;6*+3. The molecule has 141 heavy (non-hydrogen) atoms. The molecule has 0 heterocycles. The van der Waals surface area contributed by atoms with E-state index in [0.29, 0.717) is 38.5 Å². The van der Waals surface area contributed by atoms with Gasteiger partial charge >= 0.3 is 101 Å². The molecule has 0 aliphatic heterocycles. The van der Waals surface area contributed by atoms with E-state index in [1.165, 1.54) is 50.6 Å². The van der Waals surface area contributed by atoms with Crippen molar-refractivity contribution < 1.29 is 162 Å². The Morgan fingerprint density at radius 2 is 0.397 bits per heavy atom. The van der Waals surface area contributed by atoms with E-state index in [1.807, 2.05) is 83.1 Å². The molecule has 36 heteroatoms. The molecule has 12 N–H and O–H groups in total. The second kappa shape index (κ2) is 129. The normalized spacial score (nSPS) is 13.5. The summed E-state index contributed by atoms with van der Waals surface area (Å²) in [5.74, 6) is 0. The smallest absolute Gasteiger partial charge is 0.665 e. The summed E-state index contributed by atoms with van der Waals surface area (Å²) in [4.78, 5) is 42.8. The number of rotatable bonds is 59. The molecule has 0 radical (unpaired) electrons. The van der Waals surface area contributed by atoms with Crippen LogP contribution in [-0.2, 0) is 101 Å². The van der Waals surface area contributed by atoms with Gasteiger partial charge in [-0.25, -0.2) is 0 Å². The number of aliphatic hydroxyl groups excluding tert-OH is 12. The first-order valence-electron chi connectivity index (χ1n) is 51.5. The maximum absolute atomic E-state index is 9.00. The fourth-order valence-corrected chi connectivity index (χ4v) is 21.2. The third kappa shape index (κ3) is 185. The van der Waals surface area contributed by atoms with Gasteiger partial charge in [0.1, 0.15) is 0 Å². The first-order chi connectivity index (χ1) is 59.0. The van der Waals surface area contributed by atoms with Crippen LogP contribution in [0.3, 0.4) is 0 Å². The van der Waals surface area contributed by atoms with Crippen molar-refractivity contribution in [2.24, 2.45) is 0 Å². The predicted octanol–water partition coefficient (Wildman–Crippen LogP) is 24.6. The third-order valence-electron chi connectivity index (χ3n) is 20.7. The largest absolute Gasteiger partial charge is 3.00 e. The van der Waals surface area contributed by atoms with Gasteiger partial charge in [0.2, 0.25) is 0 Å². The van der Waals surface area contributed by atoms with Gasteiger partial charge in [-0.15, -0.1) is 37.3 Å². The summed E-state index contributed by atoms with van der Waals surface area (Å²) in [6.07, 6.45) is 10.5. The van der Waals surface area contributed by atoms with Crippen LogP contribution in [0.1, 0.15) is 302 Å². The SMILES string of the molecule is CCC(O)CC(O)CC.CCC(O)CC(O)CC.CCC(O)CC(O)CC.CCC(O)CC(O)CC.CCC(O)CC(O)CC.CCC(O)CC(O)CC.CCN(CC)CC(C)(C)[N-][Si](C)(C)C.CCN(CC)CCC[N-][Si](C)(C)C.CCN(CC)CC[N-][Si](C)(C)C.CC[Si](CC)(CC)[N-]CCN(C)C.CN(C)CC(C)(C)[N-][Si](C)(C)C.CN(C)CCC[N-][Si](C)(C)C.[CH3-].[CH3-].[CH3-].[CH3-].[CH3-].[CH3-].[Co+3].[Co+3].[Co+3].[Co+3].[Co+3].[Co+3]. The number of nitrogens with zero attached hydrogens (tertiary/aromatic N) is 12. The molecule has 0 aromatic heterocycles. The van der Waals surface area contributed by atoms with Crippen molar-refractivity contribution in [3.63, 3.8) is 0 Å². The average molecular weight is 2400 g/mol. The maximum atomic E-state index is 9.00. The molecule has 882 valence electrons. The molecule has 0 bridgehead atoms. The molecular weight excluding hydrogens is 2140 g/mol. The molecule has 0 aliphatic rings. The predicted molar refractivity (Wildman–Crippen MR) is 632 cm³/mol. The van der Waals surface area contributed by atoms with Crippen LogP contribution >= 0.6 is 0 Å². The van der Waals surface area contributed by atoms with Crippen LogP contribution in [0.5, 0.6) is 0 Å². The number of hydrogen-bond donors (Lipinski definition) is 12. The first kappa shape index (κ1) is 205. The summed E-state index contributed by atoms with van der Waals surface area (Å²) in [6.45, 7) is 104. The topological polar surface area (TPSA) is 347 Å². The van der Waals surface area contributed by atoms with Gasteiger partial charge in [0.15, 0.2) is 0 Å². The van der Waals surface area contributed by atoms with Gasteiger partial charge in [0.05, 0.1) is 73.2 Å². The number of aliphatic hydroxyl groups is 12. The van der Waals surface area contributed by atoms with E-state index in [4.69, 9.17) is 81.2 Å². The monoisotopic (exact) mass is 2400 g/mol. The summed E-state index contributed by atoms with van der Waals surface area (Å²) in [5, 5.41) is 108. The van der Waals surface area contributed by atoms with Crippen LogP contribution in [0.25, 0.3) is 29.9 Å². The zero-order valence-electron chi connectivity index (χ0n) is 103. The van der Waals surface area contributed by atoms with E-state index in [1.54, 1.807) is 0 Å². The molecule has 0 aromatic rings. The van der Waals surface area contributed by atoms with Crippen molar-refractivity contribution in [3.8, 4) is 0 Å². The van der Waals surface area contributed by atoms with Gasteiger partial charge in [0.25, 0.3) is 0 Å². The molecule has 0 aromatic carbocycles. The van der Waals surface area contributed by atoms with Crippen molar-refractivity contribution in [3.05, 3.63) is 74.5 Å². The fraction of sp³-hybridized carbons (Fsp3) is 0.943. The number of likely N-dealkylation sites (N-methyl/N-ethyl adjacent to an activating group) is 4. The quantitative estimate of drug-likeness (QED) is 0.0153. The van der Waals surface area contributed by atoms with E-state index in [2.05, 4.69) is 270 Å². The van der Waals surface area contributed by atoms with Crippen LogP contribution in [0, 0.1) is 44.6 Å². The summed E-state index contributed by atoms with van der Waals surface area (Å²) in [6, 6.07) is 3.94. The summed E-state index contributed by atoms with van der Waals surface area (Å²) >= 11 is 0. The maximum Gasteiger partial charge on any atom is 3.00 e. The van der Waals surface area contributed by atoms with E-state index in [-0.39, 0.29) is 230 Å². The van der Waals surface area contributed by atoms with Crippen LogP contribution in [0.15, 0.2) is 0 Å². The molecule has 24 nitrogen and oxygen atoms in total. The van der Waals surface area contributed by atoms with Gasteiger partial charge in [-0.1, -0.05) is 352 Å². The molecular formula is C105H258Co6N12O12Si6+6. The van der Waals surface area contributed by atoms with Crippen molar-refractivity contribution in [2.75, 3.05) is 147 Å². The van der Waals surface area contributed by atoms with Crippen LogP contribution in [0.4, 0.5) is 0 Å². The minimum absolute atomic E-state index is 0. The van der Waals surface area contributed by atoms with Crippen molar-refractivity contribution in [2.45, 2.75) is 502 Å². The van der Waals surface area contributed by atoms with E-state index in [9.17, 15) is 0 Å². The van der Waals surface area contributed by atoms with Gasteiger partial charge in [-0.05, 0) is 236 Å². The first-order valence-corrected chi connectivity index (χ1v) is 71.3. The second-order valence-electron chi connectivity index (χ2n) is 41.7. The van der Waals surface area contributed by atoms with E-state index in [0.717, 1.165) is 162 Å². The Morgan fingerprint density at radius 3 is 0.560 bits per heavy atom. The van der Waals surface area contributed by atoms with E-state index < -0.39 is 49.4 Å². The molecule has 0 saturated carbocycles. The summed E-state index contributed by atoms with van der Waals surface area (Å²) in [5.41, 5.74) is 0.241. The van der Waals surface area contributed by atoms with Crippen molar-refractivity contribution in [1.29, 1.82) is 0 Å². The van der Waals surface area contributed by atoms with Crippen LogP contribution < -0.4 is 0 Å². The minimum atomic E-state index is -1.29. The zero-order chi connectivity index (χ0) is 104. The fourth-order valence-electron chi connectivity index (χ4n) is 12.2. The van der Waals surface area contributed by atoms with Crippen LogP contribution in [-0.4, -0.2) is 371 Å². The second-order valence-corrected chi connectivity index (χ2v) is 69.7. The minimum Gasteiger partial charge on any atom is -0.665 e. The Balaban J connectivity index is -0.0000000479. The molecule has 0 aliphatic carbocycles. The Kier molecular flexibility index (Phi) is 187. The summed E-state index contributed by atoms with van der Waals surface area (Å²) < 4.78 is 0. The Morgan fingerprint density at radius 1 is 0.220 bits per heavy atom. The van der Waals surface area contributed by atoms with Gasteiger partial charge in [-0.3, -0.25) is 0 Å². The van der Waals surface area contributed by atoms with Gasteiger partial charge in [0, 0.05) is 0 Å². The molecule has 0 amide bonds. The zero-order valence-corrected chi connectivity index (χ0v) is 115. The average Bonchev–Trinajstić information content (AvgIpc) is 0.874. The Hall–Kier alpha value is 3.38. The molecule has 0 rings (SSSR count). The Bertz CT molecular complexity index is 2030. The molecule has 0 fully saturated rings. The number of hydrogen-bond acceptors (Lipinski definition) is 18.